The molecule has 1 fully saturated rings. The third-order valence-electron chi connectivity index (χ3n) is 4.10. The minimum atomic E-state index is -1.20. The SMILES string of the molecule is CCC1(c2cc(F)cc(C(=O)NC[C@@H](N)C(=O)O)c2)CC1. The molecule has 0 heterocycles. The number of nitrogens with one attached hydrogen (secondary N) is 1. The summed E-state index contributed by atoms with van der Waals surface area (Å²) in [6.45, 7) is 1.85. The van der Waals surface area contributed by atoms with Gasteiger partial charge in [0.25, 0.3) is 5.91 Å². The van der Waals surface area contributed by atoms with Gasteiger partial charge in [0, 0.05) is 12.1 Å². The lowest BCUT2D eigenvalue weighted by Gasteiger charge is -2.15. The molecule has 2 rings (SSSR count). The summed E-state index contributed by atoms with van der Waals surface area (Å²) < 4.78 is 13.7. The summed E-state index contributed by atoms with van der Waals surface area (Å²) in [4.78, 5) is 22.6. The van der Waals surface area contributed by atoms with Crippen molar-refractivity contribution in [3.05, 3.63) is 35.1 Å². The van der Waals surface area contributed by atoms with Gasteiger partial charge in [-0.05, 0) is 48.4 Å². The highest BCUT2D eigenvalue weighted by atomic mass is 19.1. The van der Waals surface area contributed by atoms with Crippen LogP contribution >= 0.6 is 0 Å². The predicted octanol–water partition coefficient (Wildman–Crippen LogP) is 1.41. The van der Waals surface area contributed by atoms with Crippen LogP contribution in [0.4, 0.5) is 4.39 Å². The number of nitrogens with two attached hydrogens (primary N) is 1. The fourth-order valence-electron chi connectivity index (χ4n) is 2.42. The smallest absolute Gasteiger partial charge is 0.322 e. The molecule has 1 aliphatic rings. The molecule has 21 heavy (non-hydrogen) atoms. The van der Waals surface area contributed by atoms with E-state index >= 15 is 0 Å². The van der Waals surface area contributed by atoms with Gasteiger partial charge < -0.3 is 16.2 Å². The second-order valence-corrected chi connectivity index (χ2v) is 5.52. The lowest BCUT2D eigenvalue weighted by Crippen LogP contribution is -2.42. The largest absolute Gasteiger partial charge is 0.480 e. The van der Waals surface area contributed by atoms with E-state index in [-0.39, 0.29) is 17.5 Å². The third-order valence-corrected chi connectivity index (χ3v) is 4.10. The maximum absolute atomic E-state index is 13.7. The number of carboxylic acids is 1. The summed E-state index contributed by atoms with van der Waals surface area (Å²) in [6.07, 6.45) is 2.90. The molecule has 4 N–H and O–H groups in total. The van der Waals surface area contributed by atoms with E-state index in [9.17, 15) is 14.0 Å². The molecule has 0 unspecified atom stereocenters. The molecule has 1 aliphatic carbocycles. The molecule has 0 radical (unpaired) electrons. The zero-order valence-corrected chi connectivity index (χ0v) is 11.9. The van der Waals surface area contributed by atoms with Crippen LogP contribution in [0.15, 0.2) is 18.2 Å². The molecule has 6 heteroatoms. The number of carbonyl (C=O) groups is 2. The summed E-state index contributed by atoms with van der Waals surface area (Å²) >= 11 is 0. The number of carbonyl (C=O) groups excluding carboxylic acids is 1. The first-order valence-electron chi connectivity index (χ1n) is 6.95. The average molecular weight is 294 g/mol. The topological polar surface area (TPSA) is 92.4 Å². The van der Waals surface area contributed by atoms with Crippen molar-refractivity contribution in [3.63, 3.8) is 0 Å². The summed E-state index contributed by atoms with van der Waals surface area (Å²) in [5.74, 6) is -2.17. The summed E-state index contributed by atoms with van der Waals surface area (Å²) in [6, 6.07) is 3.13. The van der Waals surface area contributed by atoms with Crippen molar-refractivity contribution in [1.29, 1.82) is 0 Å². The second kappa shape index (κ2) is 5.81. The highest BCUT2D eigenvalue weighted by molar-refractivity contribution is 5.94. The lowest BCUT2D eigenvalue weighted by molar-refractivity contribution is -0.138. The van der Waals surface area contributed by atoms with E-state index in [1.54, 1.807) is 6.07 Å². The van der Waals surface area contributed by atoms with Crippen LogP contribution in [0.1, 0.15) is 42.1 Å². The quantitative estimate of drug-likeness (QED) is 0.739. The first-order chi connectivity index (χ1) is 9.88. The Balaban J connectivity index is 2.13. The monoisotopic (exact) mass is 294 g/mol. The fraction of sp³-hybridized carbons (Fsp3) is 0.467. The van der Waals surface area contributed by atoms with Gasteiger partial charge in [0.1, 0.15) is 11.9 Å². The van der Waals surface area contributed by atoms with E-state index < -0.39 is 23.7 Å². The molecule has 1 atom stereocenters. The number of aliphatic carboxylic acids is 1. The zero-order valence-electron chi connectivity index (χ0n) is 11.9. The number of amides is 1. The Morgan fingerprint density at radius 3 is 2.62 bits per heavy atom. The molecule has 0 aliphatic heterocycles. The van der Waals surface area contributed by atoms with Crippen LogP contribution in [0.3, 0.4) is 0 Å². The molecule has 1 saturated carbocycles. The second-order valence-electron chi connectivity index (χ2n) is 5.52. The van der Waals surface area contributed by atoms with E-state index in [2.05, 4.69) is 5.32 Å². The van der Waals surface area contributed by atoms with Crippen molar-refractivity contribution in [2.24, 2.45) is 5.73 Å². The molecular formula is C15H19FN2O3. The van der Waals surface area contributed by atoms with Crippen LogP contribution in [0.2, 0.25) is 0 Å². The Morgan fingerprint density at radius 1 is 1.43 bits per heavy atom. The van der Waals surface area contributed by atoms with E-state index in [4.69, 9.17) is 10.8 Å². The van der Waals surface area contributed by atoms with Crippen LogP contribution in [-0.4, -0.2) is 29.6 Å². The van der Waals surface area contributed by atoms with Gasteiger partial charge in [0.15, 0.2) is 0 Å². The van der Waals surface area contributed by atoms with Crippen molar-refractivity contribution in [3.8, 4) is 0 Å². The molecule has 114 valence electrons. The van der Waals surface area contributed by atoms with Crippen LogP contribution in [-0.2, 0) is 10.2 Å². The minimum Gasteiger partial charge on any atom is -0.480 e. The van der Waals surface area contributed by atoms with Crippen LogP contribution < -0.4 is 11.1 Å². The number of benzene rings is 1. The zero-order chi connectivity index (χ0) is 15.6. The van der Waals surface area contributed by atoms with Gasteiger partial charge in [-0.3, -0.25) is 9.59 Å². The first-order valence-corrected chi connectivity index (χ1v) is 6.95. The first kappa shape index (κ1) is 15.4. The summed E-state index contributed by atoms with van der Waals surface area (Å²) in [5, 5.41) is 11.1. The molecule has 0 bridgehead atoms. The lowest BCUT2D eigenvalue weighted by atomic mass is 9.91. The van der Waals surface area contributed by atoms with Gasteiger partial charge in [0.05, 0.1) is 0 Å². The molecule has 0 aromatic heterocycles. The molecule has 1 aromatic rings. The number of carboxylic acid groups (broad SMARTS) is 1. The van der Waals surface area contributed by atoms with E-state index in [1.807, 2.05) is 6.92 Å². The van der Waals surface area contributed by atoms with Gasteiger partial charge in [0.2, 0.25) is 0 Å². The minimum absolute atomic E-state index is 0.00536. The Bertz CT molecular complexity index is 570. The Labute approximate surface area is 122 Å². The van der Waals surface area contributed by atoms with Crippen molar-refractivity contribution >= 4 is 11.9 Å². The maximum Gasteiger partial charge on any atom is 0.322 e. The van der Waals surface area contributed by atoms with Crippen LogP contribution in [0, 0.1) is 5.82 Å². The Kier molecular flexibility index (Phi) is 4.27. The number of rotatable bonds is 6. The van der Waals surface area contributed by atoms with Gasteiger partial charge in [-0.25, -0.2) is 4.39 Å². The van der Waals surface area contributed by atoms with Gasteiger partial charge in [-0.1, -0.05) is 6.92 Å². The number of halogens is 1. The highest BCUT2D eigenvalue weighted by Crippen LogP contribution is 2.51. The molecule has 0 saturated heterocycles. The number of hydrogen-bond acceptors (Lipinski definition) is 3. The summed E-state index contributed by atoms with van der Waals surface area (Å²) in [7, 11) is 0. The van der Waals surface area contributed by atoms with Crippen LogP contribution in [0.5, 0.6) is 0 Å². The summed E-state index contributed by atoms with van der Waals surface area (Å²) in [5.41, 5.74) is 6.34. The van der Waals surface area contributed by atoms with Crippen molar-refractivity contribution < 1.29 is 19.1 Å². The van der Waals surface area contributed by atoms with E-state index in [0.29, 0.717) is 0 Å². The fourth-order valence-corrected chi connectivity index (χ4v) is 2.42. The third kappa shape index (κ3) is 3.39. The predicted molar refractivity (Wildman–Crippen MR) is 75.5 cm³/mol. The van der Waals surface area contributed by atoms with E-state index in [1.165, 1.54) is 6.07 Å². The highest BCUT2D eigenvalue weighted by Gasteiger charge is 2.42. The van der Waals surface area contributed by atoms with Crippen molar-refractivity contribution in [2.75, 3.05) is 6.54 Å². The normalized spacial score (nSPS) is 17.1. The molecule has 0 spiro atoms. The van der Waals surface area contributed by atoms with Crippen LogP contribution in [0.25, 0.3) is 0 Å². The molecule has 1 aromatic carbocycles. The van der Waals surface area contributed by atoms with E-state index in [0.717, 1.165) is 30.9 Å². The van der Waals surface area contributed by atoms with Gasteiger partial charge >= 0.3 is 5.97 Å². The Hall–Kier alpha value is -1.95. The maximum atomic E-state index is 13.7. The molecular weight excluding hydrogens is 275 g/mol. The van der Waals surface area contributed by atoms with Crippen molar-refractivity contribution in [1.82, 2.24) is 5.32 Å². The van der Waals surface area contributed by atoms with Gasteiger partial charge in [-0.15, -0.1) is 0 Å². The molecule has 5 nitrogen and oxygen atoms in total. The van der Waals surface area contributed by atoms with Crippen molar-refractivity contribution in [2.45, 2.75) is 37.6 Å². The standard InChI is InChI=1S/C15H19FN2O3/c1-2-15(3-4-15)10-5-9(6-11(16)7-10)13(19)18-8-12(17)14(20)21/h5-7,12H,2-4,8,17H2,1H3,(H,18,19)(H,20,21)/t12-/m1/s1. The molecule has 1 amide bonds. The number of hydrogen-bond donors (Lipinski definition) is 3. The Morgan fingerprint density at radius 2 is 2.10 bits per heavy atom. The average Bonchev–Trinajstić information content (AvgIpc) is 3.24. The van der Waals surface area contributed by atoms with Gasteiger partial charge in [-0.2, -0.15) is 0 Å².